The molecule has 1 heterocycles. The van der Waals surface area contributed by atoms with E-state index < -0.39 is 5.41 Å². The Balaban J connectivity index is 1.58. The molecule has 0 aromatic heterocycles. The maximum atomic E-state index is 13.0. The molecule has 146 valence electrons. The van der Waals surface area contributed by atoms with Crippen LogP contribution in [0.3, 0.4) is 0 Å². The van der Waals surface area contributed by atoms with Crippen molar-refractivity contribution in [3.63, 3.8) is 0 Å². The van der Waals surface area contributed by atoms with Crippen LogP contribution in [-0.2, 0) is 14.4 Å². The van der Waals surface area contributed by atoms with E-state index in [9.17, 15) is 14.4 Å². The fraction of sp³-hybridized carbons (Fsp3) is 0.571. The molecule has 27 heavy (non-hydrogen) atoms. The molecule has 2 atom stereocenters. The molecular formula is C21H27BrN2O3. The lowest BCUT2D eigenvalue weighted by atomic mass is 9.62. The Morgan fingerprint density at radius 3 is 2.67 bits per heavy atom. The summed E-state index contributed by atoms with van der Waals surface area (Å²) in [6.45, 7) is 8.30. The van der Waals surface area contributed by atoms with Gasteiger partial charge in [0, 0.05) is 29.0 Å². The molecule has 2 bridgehead atoms. The summed E-state index contributed by atoms with van der Waals surface area (Å²) in [5.74, 6) is -0.342. The molecule has 2 unspecified atom stereocenters. The van der Waals surface area contributed by atoms with E-state index in [1.165, 1.54) is 4.90 Å². The second-order valence-electron chi connectivity index (χ2n) is 8.55. The van der Waals surface area contributed by atoms with Crippen LogP contribution in [0.5, 0.6) is 0 Å². The Morgan fingerprint density at radius 1 is 1.30 bits per heavy atom. The van der Waals surface area contributed by atoms with E-state index in [1.807, 2.05) is 45.9 Å². The molecule has 1 aliphatic heterocycles. The Kier molecular flexibility index (Phi) is 5.23. The fourth-order valence-corrected chi connectivity index (χ4v) is 4.97. The van der Waals surface area contributed by atoms with Crippen LogP contribution in [0.2, 0.25) is 0 Å². The summed E-state index contributed by atoms with van der Waals surface area (Å²) in [5.41, 5.74) is 0.975. The van der Waals surface area contributed by atoms with Gasteiger partial charge in [0.15, 0.2) is 0 Å². The SMILES string of the molecule is Cc1cc(Br)ccc1NC(=O)CCCN1C(=O)C2CCC(C)(C1=O)C2(C)C. The number of hydrogen-bond acceptors (Lipinski definition) is 3. The van der Waals surface area contributed by atoms with Gasteiger partial charge in [0.1, 0.15) is 0 Å². The van der Waals surface area contributed by atoms with Crippen molar-refractivity contribution in [3.8, 4) is 0 Å². The van der Waals surface area contributed by atoms with E-state index in [0.29, 0.717) is 13.0 Å². The van der Waals surface area contributed by atoms with Crippen LogP contribution in [0.1, 0.15) is 52.0 Å². The summed E-state index contributed by atoms with van der Waals surface area (Å²) >= 11 is 3.40. The third-order valence-corrected chi connectivity index (χ3v) is 7.25. The lowest BCUT2D eigenvalue weighted by molar-refractivity contribution is -0.168. The smallest absolute Gasteiger partial charge is 0.235 e. The molecule has 1 saturated heterocycles. The number of amides is 3. The van der Waals surface area contributed by atoms with Gasteiger partial charge in [-0.1, -0.05) is 36.7 Å². The van der Waals surface area contributed by atoms with Gasteiger partial charge in [0.2, 0.25) is 17.7 Å². The van der Waals surface area contributed by atoms with Crippen molar-refractivity contribution in [1.29, 1.82) is 0 Å². The molecule has 1 aromatic rings. The van der Waals surface area contributed by atoms with E-state index >= 15 is 0 Å². The van der Waals surface area contributed by atoms with Gasteiger partial charge in [-0.2, -0.15) is 0 Å². The monoisotopic (exact) mass is 434 g/mol. The number of benzene rings is 1. The third-order valence-electron chi connectivity index (χ3n) is 6.76. The lowest BCUT2D eigenvalue weighted by Crippen LogP contribution is -2.59. The Hall–Kier alpha value is -1.69. The predicted octanol–water partition coefficient (Wildman–Crippen LogP) is 4.29. The number of rotatable bonds is 5. The Morgan fingerprint density at radius 2 is 2.00 bits per heavy atom. The number of fused-ring (bicyclic) bond motifs is 2. The number of carbonyl (C=O) groups excluding carboxylic acids is 3. The minimum absolute atomic E-state index is 0.0656. The van der Waals surface area contributed by atoms with Crippen LogP contribution in [0.15, 0.2) is 22.7 Å². The van der Waals surface area contributed by atoms with Crippen molar-refractivity contribution in [2.75, 3.05) is 11.9 Å². The number of nitrogens with zero attached hydrogens (tertiary/aromatic N) is 1. The van der Waals surface area contributed by atoms with Crippen LogP contribution in [0.4, 0.5) is 5.69 Å². The van der Waals surface area contributed by atoms with Crippen molar-refractivity contribution in [3.05, 3.63) is 28.2 Å². The minimum atomic E-state index is -0.484. The first-order valence-electron chi connectivity index (χ1n) is 9.50. The quantitative estimate of drug-likeness (QED) is 0.702. The number of halogens is 1. The van der Waals surface area contributed by atoms with E-state index in [4.69, 9.17) is 0 Å². The Labute approximate surface area is 169 Å². The highest BCUT2D eigenvalue weighted by atomic mass is 79.9. The van der Waals surface area contributed by atoms with Crippen LogP contribution >= 0.6 is 15.9 Å². The molecule has 1 N–H and O–H groups in total. The molecule has 0 radical (unpaired) electrons. The van der Waals surface area contributed by atoms with Crippen molar-refractivity contribution in [2.45, 2.75) is 53.4 Å². The highest BCUT2D eigenvalue weighted by Gasteiger charge is 2.64. The normalized spacial score (nSPS) is 26.4. The first kappa shape index (κ1) is 20.1. The van der Waals surface area contributed by atoms with Crippen LogP contribution in [0, 0.1) is 23.7 Å². The standard InChI is InChI=1S/C21H27BrN2O3/c1-13-12-14(22)7-8-16(13)23-17(25)6-5-11-24-18(26)15-9-10-21(4,19(24)27)20(15,2)3/h7-8,12,15H,5-6,9-11H2,1-4H3,(H,23,25). The van der Waals surface area contributed by atoms with Crippen molar-refractivity contribution in [1.82, 2.24) is 4.90 Å². The van der Waals surface area contributed by atoms with Gasteiger partial charge < -0.3 is 5.32 Å². The van der Waals surface area contributed by atoms with Gasteiger partial charge in [0.25, 0.3) is 0 Å². The van der Waals surface area contributed by atoms with E-state index in [-0.39, 0.29) is 35.5 Å². The van der Waals surface area contributed by atoms with Crippen molar-refractivity contribution < 1.29 is 14.4 Å². The number of imide groups is 1. The molecule has 1 aromatic carbocycles. The summed E-state index contributed by atoms with van der Waals surface area (Å²) in [6, 6.07) is 5.68. The molecule has 5 nitrogen and oxygen atoms in total. The number of likely N-dealkylation sites (tertiary alicyclic amines) is 1. The highest BCUT2D eigenvalue weighted by molar-refractivity contribution is 9.10. The maximum Gasteiger partial charge on any atom is 0.235 e. The fourth-order valence-electron chi connectivity index (χ4n) is 4.49. The molecule has 2 fully saturated rings. The van der Waals surface area contributed by atoms with Crippen LogP contribution < -0.4 is 5.32 Å². The van der Waals surface area contributed by atoms with Crippen LogP contribution in [0.25, 0.3) is 0 Å². The molecule has 2 aliphatic rings. The van der Waals surface area contributed by atoms with Gasteiger partial charge in [-0.05, 0) is 55.4 Å². The largest absolute Gasteiger partial charge is 0.326 e. The number of piperidine rings is 1. The zero-order chi connectivity index (χ0) is 20.0. The number of carbonyl (C=O) groups is 3. The molecule has 1 saturated carbocycles. The summed E-state index contributed by atoms with van der Waals surface area (Å²) in [6.07, 6.45) is 2.28. The molecule has 1 aliphatic carbocycles. The maximum absolute atomic E-state index is 13.0. The lowest BCUT2D eigenvalue weighted by Gasteiger charge is -2.47. The predicted molar refractivity (Wildman–Crippen MR) is 108 cm³/mol. The van der Waals surface area contributed by atoms with Crippen molar-refractivity contribution >= 4 is 39.3 Å². The molecule has 6 heteroatoms. The van der Waals surface area contributed by atoms with Crippen LogP contribution in [-0.4, -0.2) is 29.2 Å². The van der Waals surface area contributed by atoms with Gasteiger partial charge >= 0.3 is 0 Å². The van der Waals surface area contributed by atoms with Crippen molar-refractivity contribution in [2.24, 2.45) is 16.7 Å². The van der Waals surface area contributed by atoms with Gasteiger partial charge in [0.05, 0.1) is 5.41 Å². The average Bonchev–Trinajstić information content (AvgIpc) is 2.77. The third kappa shape index (κ3) is 3.33. The van der Waals surface area contributed by atoms with Gasteiger partial charge in [-0.15, -0.1) is 0 Å². The zero-order valence-electron chi connectivity index (χ0n) is 16.4. The average molecular weight is 435 g/mol. The van der Waals surface area contributed by atoms with Gasteiger partial charge in [-0.25, -0.2) is 0 Å². The summed E-state index contributed by atoms with van der Waals surface area (Å²) in [4.78, 5) is 39.4. The number of nitrogens with one attached hydrogen (secondary N) is 1. The summed E-state index contributed by atoms with van der Waals surface area (Å²) < 4.78 is 0.964. The highest BCUT2D eigenvalue weighted by Crippen LogP contribution is 2.60. The van der Waals surface area contributed by atoms with E-state index in [1.54, 1.807) is 0 Å². The summed E-state index contributed by atoms with van der Waals surface area (Å²) in [5, 5.41) is 2.90. The second kappa shape index (κ2) is 7.04. The summed E-state index contributed by atoms with van der Waals surface area (Å²) in [7, 11) is 0. The molecule has 3 amide bonds. The number of anilines is 1. The number of aryl methyl sites for hydroxylation is 1. The first-order valence-corrected chi connectivity index (χ1v) is 10.3. The molecular weight excluding hydrogens is 408 g/mol. The molecule has 0 spiro atoms. The minimum Gasteiger partial charge on any atom is -0.326 e. The van der Waals surface area contributed by atoms with E-state index in [2.05, 4.69) is 21.2 Å². The Bertz CT molecular complexity index is 805. The zero-order valence-corrected chi connectivity index (χ0v) is 18.0. The number of hydrogen-bond donors (Lipinski definition) is 1. The topological polar surface area (TPSA) is 66.5 Å². The van der Waals surface area contributed by atoms with E-state index in [0.717, 1.165) is 28.6 Å². The second-order valence-corrected chi connectivity index (χ2v) is 9.47. The first-order chi connectivity index (χ1) is 12.6. The molecule has 3 rings (SSSR count). The van der Waals surface area contributed by atoms with Gasteiger partial charge in [-0.3, -0.25) is 19.3 Å².